The molecule has 27 heavy (non-hydrogen) atoms. The van der Waals surface area contributed by atoms with Crippen LogP contribution in [0, 0.1) is 0 Å². The van der Waals surface area contributed by atoms with E-state index in [0.29, 0.717) is 21.9 Å². The normalized spacial score (nSPS) is 10.4. The number of thiophene rings is 1. The Morgan fingerprint density at radius 1 is 1.11 bits per heavy atom. The Labute approximate surface area is 161 Å². The van der Waals surface area contributed by atoms with Crippen LogP contribution in [0.2, 0.25) is 0 Å². The van der Waals surface area contributed by atoms with Crippen LogP contribution in [0.25, 0.3) is 11.1 Å². The van der Waals surface area contributed by atoms with Crippen molar-refractivity contribution in [2.75, 3.05) is 12.4 Å². The van der Waals surface area contributed by atoms with Crippen molar-refractivity contribution < 1.29 is 19.4 Å². The Morgan fingerprint density at radius 3 is 2.44 bits per heavy atom. The second-order valence-electron chi connectivity index (χ2n) is 5.86. The van der Waals surface area contributed by atoms with Gasteiger partial charge in [0, 0.05) is 10.9 Å². The van der Waals surface area contributed by atoms with Gasteiger partial charge in [0.25, 0.3) is 5.91 Å². The zero-order valence-electron chi connectivity index (χ0n) is 15.0. The van der Waals surface area contributed by atoms with Crippen molar-refractivity contribution in [3.63, 3.8) is 0 Å². The van der Waals surface area contributed by atoms with Gasteiger partial charge in [0.1, 0.15) is 16.3 Å². The van der Waals surface area contributed by atoms with Gasteiger partial charge in [-0.2, -0.15) is 0 Å². The van der Waals surface area contributed by atoms with E-state index in [0.717, 1.165) is 12.0 Å². The lowest BCUT2D eigenvalue weighted by atomic mass is 10.0. The Hall–Kier alpha value is -3.12. The molecule has 0 aliphatic carbocycles. The van der Waals surface area contributed by atoms with Gasteiger partial charge in [0.15, 0.2) is 0 Å². The average molecular weight is 381 g/mol. The third kappa shape index (κ3) is 3.85. The lowest BCUT2D eigenvalue weighted by Gasteiger charge is -2.09. The molecule has 3 rings (SSSR count). The first kappa shape index (κ1) is 18.7. The number of rotatable bonds is 6. The first-order valence-electron chi connectivity index (χ1n) is 8.43. The van der Waals surface area contributed by atoms with Crippen molar-refractivity contribution in [1.82, 2.24) is 0 Å². The standard InChI is InChI=1S/C21H19NO4S/c1-3-13-8-10-14(11-9-13)16-12-27-20(18(16)21(24)25)22-19(23)15-6-4-5-7-17(15)26-2/h4-12H,3H2,1-2H3,(H,22,23)(H,24,25). The summed E-state index contributed by atoms with van der Waals surface area (Å²) in [5.74, 6) is -1.07. The molecule has 1 heterocycles. The van der Waals surface area contributed by atoms with E-state index in [1.807, 2.05) is 24.3 Å². The number of carbonyl (C=O) groups is 2. The SMILES string of the molecule is CCc1ccc(-c2csc(NC(=O)c3ccccc3OC)c2C(=O)O)cc1. The quantitative estimate of drug-likeness (QED) is 0.634. The molecule has 3 aromatic rings. The number of carbonyl (C=O) groups excluding carboxylic acids is 1. The molecule has 2 aromatic carbocycles. The summed E-state index contributed by atoms with van der Waals surface area (Å²) in [6.45, 7) is 2.06. The summed E-state index contributed by atoms with van der Waals surface area (Å²) in [5.41, 5.74) is 3.01. The summed E-state index contributed by atoms with van der Waals surface area (Å²) in [5, 5.41) is 14.5. The van der Waals surface area contributed by atoms with Crippen molar-refractivity contribution in [3.8, 4) is 16.9 Å². The van der Waals surface area contributed by atoms with E-state index >= 15 is 0 Å². The van der Waals surface area contributed by atoms with Gasteiger partial charge in [-0.15, -0.1) is 11.3 Å². The molecule has 0 saturated heterocycles. The molecule has 0 unspecified atom stereocenters. The van der Waals surface area contributed by atoms with Gasteiger partial charge in [0.05, 0.1) is 12.7 Å². The number of hydrogen-bond acceptors (Lipinski definition) is 4. The first-order chi connectivity index (χ1) is 13.0. The highest BCUT2D eigenvalue weighted by Crippen LogP contribution is 2.36. The molecule has 0 spiro atoms. The molecule has 6 heteroatoms. The highest BCUT2D eigenvalue weighted by atomic mass is 32.1. The monoisotopic (exact) mass is 381 g/mol. The fraction of sp³-hybridized carbons (Fsp3) is 0.143. The number of carboxylic acid groups (broad SMARTS) is 1. The van der Waals surface area contributed by atoms with E-state index < -0.39 is 11.9 Å². The van der Waals surface area contributed by atoms with Crippen LogP contribution >= 0.6 is 11.3 Å². The number of hydrogen-bond donors (Lipinski definition) is 2. The smallest absolute Gasteiger partial charge is 0.339 e. The van der Waals surface area contributed by atoms with Crippen molar-refractivity contribution in [1.29, 1.82) is 0 Å². The number of benzene rings is 2. The molecular formula is C21H19NO4S. The molecule has 2 N–H and O–H groups in total. The van der Waals surface area contributed by atoms with Gasteiger partial charge < -0.3 is 15.2 Å². The van der Waals surface area contributed by atoms with Crippen molar-refractivity contribution in [2.24, 2.45) is 0 Å². The molecular weight excluding hydrogens is 362 g/mol. The van der Waals surface area contributed by atoms with Crippen LogP contribution in [0.1, 0.15) is 33.2 Å². The summed E-state index contributed by atoms with van der Waals surface area (Å²) < 4.78 is 5.20. The van der Waals surface area contributed by atoms with Gasteiger partial charge in [-0.25, -0.2) is 4.79 Å². The van der Waals surface area contributed by atoms with E-state index in [4.69, 9.17) is 4.74 Å². The van der Waals surface area contributed by atoms with Crippen LogP contribution in [0.5, 0.6) is 5.75 Å². The van der Waals surface area contributed by atoms with Gasteiger partial charge in [-0.3, -0.25) is 4.79 Å². The highest BCUT2D eigenvalue weighted by Gasteiger charge is 2.22. The Balaban J connectivity index is 1.95. The van der Waals surface area contributed by atoms with Gasteiger partial charge in [0.2, 0.25) is 0 Å². The zero-order valence-corrected chi connectivity index (χ0v) is 15.8. The van der Waals surface area contributed by atoms with E-state index in [9.17, 15) is 14.7 Å². The number of para-hydroxylation sites is 1. The van der Waals surface area contributed by atoms with Crippen LogP contribution in [0.4, 0.5) is 5.00 Å². The molecule has 0 bridgehead atoms. The Morgan fingerprint density at radius 2 is 1.81 bits per heavy atom. The minimum absolute atomic E-state index is 0.0903. The second kappa shape index (κ2) is 8.05. The number of methoxy groups -OCH3 is 1. The zero-order chi connectivity index (χ0) is 19.4. The number of anilines is 1. The lowest BCUT2D eigenvalue weighted by Crippen LogP contribution is -2.14. The van der Waals surface area contributed by atoms with Crippen LogP contribution in [-0.4, -0.2) is 24.1 Å². The summed E-state index contributed by atoms with van der Waals surface area (Å²) in [4.78, 5) is 24.5. The molecule has 1 aromatic heterocycles. The molecule has 138 valence electrons. The summed E-state index contributed by atoms with van der Waals surface area (Å²) >= 11 is 1.19. The van der Waals surface area contributed by atoms with Gasteiger partial charge >= 0.3 is 5.97 Å². The molecule has 1 amide bonds. The van der Waals surface area contributed by atoms with Crippen molar-refractivity contribution in [3.05, 3.63) is 70.6 Å². The molecule has 0 radical (unpaired) electrons. The van der Waals surface area contributed by atoms with Gasteiger partial charge in [-0.05, 0) is 29.7 Å². The average Bonchev–Trinajstić information content (AvgIpc) is 3.11. The van der Waals surface area contributed by atoms with Crippen LogP contribution in [0.3, 0.4) is 0 Å². The minimum Gasteiger partial charge on any atom is -0.496 e. The van der Waals surface area contributed by atoms with Crippen LogP contribution < -0.4 is 10.1 Å². The first-order valence-corrected chi connectivity index (χ1v) is 9.31. The summed E-state index contributed by atoms with van der Waals surface area (Å²) in [7, 11) is 1.48. The predicted molar refractivity (Wildman–Crippen MR) is 107 cm³/mol. The second-order valence-corrected chi connectivity index (χ2v) is 6.74. The fourth-order valence-electron chi connectivity index (χ4n) is 2.80. The topological polar surface area (TPSA) is 75.6 Å². The van der Waals surface area contributed by atoms with E-state index in [2.05, 4.69) is 12.2 Å². The molecule has 0 atom stereocenters. The van der Waals surface area contributed by atoms with Crippen LogP contribution in [-0.2, 0) is 6.42 Å². The maximum absolute atomic E-state index is 12.6. The molecule has 0 saturated carbocycles. The van der Waals surface area contributed by atoms with Crippen molar-refractivity contribution in [2.45, 2.75) is 13.3 Å². The van der Waals surface area contributed by atoms with E-state index in [-0.39, 0.29) is 5.56 Å². The van der Waals surface area contributed by atoms with E-state index in [1.54, 1.807) is 29.6 Å². The van der Waals surface area contributed by atoms with Crippen LogP contribution in [0.15, 0.2) is 53.9 Å². The molecule has 5 nitrogen and oxygen atoms in total. The predicted octanol–water partition coefficient (Wildman–Crippen LogP) is 4.94. The maximum Gasteiger partial charge on any atom is 0.339 e. The third-order valence-corrected chi connectivity index (χ3v) is 5.15. The Kier molecular flexibility index (Phi) is 5.57. The third-order valence-electron chi connectivity index (χ3n) is 4.26. The molecule has 0 aliphatic heterocycles. The van der Waals surface area contributed by atoms with Crippen molar-refractivity contribution >= 4 is 28.2 Å². The largest absolute Gasteiger partial charge is 0.496 e. The minimum atomic E-state index is -1.08. The van der Waals surface area contributed by atoms with E-state index in [1.165, 1.54) is 24.0 Å². The summed E-state index contributed by atoms with van der Waals surface area (Å²) in [6, 6.07) is 14.6. The fourth-order valence-corrected chi connectivity index (χ4v) is 3.75. The van der Waals surface area contributed by atoms with Gasteiger partial charge in [-0.1, -0.05) is 43.3 Å². The molecule has 0 fully saturated rings. The number of aryl methyl sites for hydroxylation is 1. The number of nitrogens with one attached hydrogen (secondary N) is 1. The number of ether oxygens (including phenoxy) is 1. The number of amides is 1. The highest BCUT2D eigenvalue weighted by molar-refractivity contribution is 7.15. The number of aromatic carboxylic acids is 1. The molecule has 0 aliphatic rings. The lowest BCUT2D eigenvalue weighted by molar-refractivity contribution is 0.0699. The maximum atomic E-state index is 12.6. The number of carboxylic acids is 1. The summed E-state index contributed by atoms with van der Waals surface area (Å²) in [6.07, 6.45) is 0.913. The Bertz CT molecular complexity index is 976.